The zero-order valence-electron chi connectivity index (χ0n) is 9.26. The van der Waals surface area contributed by atoms with Crippen LogP contribution in [0, 0.1) is 5.92 Å². The predicted molar refractivity (Wildman–Crippen MR) is 56.8 cm³/mol. The molecule has 0 saturated heterocycles. The molecular formula is C11H16N2O3. The van der Waals surface area contributed by atoms with E-state index in [9.17, 15) is 9.90 Å². The summed E-state index contributed by atoms with van der Waals surface area (Å²) in [4.78, 5) is 14.9. The van der Waals surface area contributed by atoms with Gasteiger partial charge in [0, 0.05) is 18.9 Å². The summed E-state index contributed by atoms with van der Waals surface area (Å²) in [6.07, 6.45) is 4.97. The standard InChI is InChI=1S/C11H16N2O3/c1-2-4-13-5-3-12-10(13)11(16)6-8(7-11)9(14)15/h3,5,8,16H,2,4,6-7H2,1H3,(H,14,15). The Kier molecular flexibility index (Phi) is 2.71. The molecule has 1 aliphatic rings. The van der Waals surface area contributed by atoms with E-state index in [0.717, 1.165) is 13.0 Å². The Balaban J connectivity index is 2.13. The fraction of sp³-hybridized carbons (Fsp3) is 0.636. The normalized spacial score (nSPS) is 28.8. The Bertz CT molecular complexity index is 394. The molecule has 16 heavy (non-hydrogen) atoms. The molecule has 1 heterocycles. The van der Waals surface area contributed by atoms with Crippen molar-refractivity contribution in [3.8, 4) is 0 Å². The Morgan fingerprint density at radius 2 is 2.38 bits per heavy atom. The molecule has 0 spiro atoms. The Morgan fingerprint density at radius 1 is 1.69 bits per heavy atom. The second-order valence-corrected chi connectivity index (χ2v) is 4.42. The Hall–Kier alpha value is -1.36. The summed E-state index contributed by atoms with van der Waals surface area (Å²) in [5.41, 5.74) is -1.04. The molecule has 0 aliphatic heterocycles. The van der Waals surface area contributed by atoms with Crippen LogP contribution in [0.5, 0.6) is 0 Å². The minimum atomic E-state index is -1.04. The lowest BCUT2D eigenvalue weighted by molar-refractivity contribution is -0.161. The van der Waals surface area contributed by atoms with Gasteiger partial charge in [-0.3, -0.25) is 4.79 Å². The molecule has 1 aromatic rings. The molecule has 0 atom stereocenters. The molecule has 2 N–H and O–H groups in total. The highest BCUT2D eigenvalue weighted by Gasteiger charge is 2.49. The summed E-state index contributed by atoms with van der Waals surface area (Å²) in [7, 11) is 0. The van der Waals surface area contributed by atoms with E-state index in [0.29, 0.717) is 5.82 Å². The van der Waals surface area contributed by atoms with Gasteiger partial charge in [-0.2, -0.15) is 0 Å². The lowest BCUT2D eigenvalue weighted by Gasteiger charge is -2.40. The smallest absolute Gasteiger partial charge is 0.306 e. The molecule has 88 valence electrons. The van der Waals surface area contributed by atoms with E-state index in [1.54, 1.807) is 6.20 Å². The number of hydrogen-bond acceptors (Lipinski definition) is 3. The van der Waals surface area contributed by atoms with Crippen LogP contribution in [0.2, 0.25) is 0 Å². The maximum atomic E-state index is 10.7. The number of rotatable bonds is 4. The van der Waals surface area contributed by atoms with Crippen molar-refractivity contribution >= 4 is 5.97 Å². The third-order valence-electron chi connectivity index (χ3n) is 3.11. The van der Waals surface area contributed by atoms with E-state index < -0.39 is 17.5 Å². The van der Waals surface area contributed by atoms with Crippen molar-refractivity contribution in [3.05, 3.63) is 18.2 Å². The quantitative estimate of drug-likeness (QED) is 0.799. The van der Waals surface area contributed by atoms with Crippen LogP contribution in [0.3, 0.4) is 0 Å². The fourth-order valence-corrected chi connectivity index (χ4v) is 2.25. The van der Waals surface area contributed by atoms with Crippen LogP contribution in [-0.2, 0) is 16.9 Å². The van der Waals surface area contributed by atoms with Gasteiger partial charge in [-0.25, -0.2) is 4.98 Å². The van der Waals surface area contributed by atoms with Gasteiger partial charge in [-0.05, 0) is 19.3 Å². The Labute approximate surface area is 93.7 Å². The largest absolute Gasteiger partial charge is 0.481 e. The van der Waals surface area contributed by atoms with Gasteiger partial charge in [0.05, 0.1) is 5.92 Å². The van der Waals surface area contributed by atoms with Crippen molar-refractivity contribution in [1.82, 2.24) is 9.55 Å². The summed E-state index contributed by atoms with van der Waals surface area (Å²) >= 11 is 0. The SMILES string of the molecule is CCCn1ccnc1C1(O)CC(C(=O)O)C1. The summed E-state index contributed by atoms with van der Waals surface area (Å²) in [6.45, 7) is 2.85. The van der Waals surface area contributed by atoms with Crippen molar-refractivity contribution in [2.45, 2.75) is 38.3 Å². The molecule has 0 bridgehead atoms. The van der Waals surface area contributed by atoms with Gasteiger partial charge in [0.15, 0.2) is 0 Å². The second kappa shape index (κ2) is 3.90. The van der Waals surface area contributed by atoms with Crippen LogP contribution in [0.4, 0.5) is 0 Å². The summed E-state index contributed by atoms with van der Waals surface area (Å²) in [5, 5.41) is 19.0. The van der Waals surface area contributed by atoms with E-state index in [2.05, 4.69) is 11.9 Å². The fourth-order valence-electron chi connectivity index (χ4n) is 2.25. The molecule has 5 heteroatoms. The third-order valence-corrected chi connectivity index (χ3v) is 3.11. The van der Waals surface area contributed by atoms with E-state index >= 15 is 0 Å². The van der Waals surface area contributed by atoms with E-state index in [-0.39, 0.29) is 12.8 Å². The van der Waals surface area contributed by atoms with Crippen molar-refractivity contribution in [1.29, 1.82) is 0 Å². The Morgan fingerprint density at radius 3 is 2.94 bits per heavy atom. The number of carboxylic acids is 1. The predicted octanol–water partition coefficient (Wildman–Crippen LogP) is 0.975. The van der Waals surface area contributed by atoms with E-state index in [4.69, 9.17) is 5.11 Å². The molecule has 5 nitrogen and oxygen atoms in total. The van der Waals surface area contributed by atoms with Crippen molar-refractivity contribution in [2.24, 2.45) is 5.92 Å². The second-order valence-electron chi connectivity index (χ2n) is 4.42. The molecule has 0 unspecified atom stereocenters. The van der Waals surface area contributed by atoms with E-state index in [1.807, 2.05) is 10.8 Å². The monoisotopic (exact) mass is 224 g/mol. The molecule has 1 aromatic heterocycles. The molecule has 0 radical (unpaired) electrons. The molecular weight excluding hydrogens is 208 g/mol. The highest BCUT2D eigenvalue weighted by Crippen LogP contribution is 2.44. The van der Waals surface area contributed by atoms with Crippen molar-refractivity contribution in [3.63, 3.8) is 0 Å². The number of hydrogen-bond donors (Lipinski definition) is 2. The highest BCUT2D eigenvalue weighted by atomic mass is 16.4. The van der Waals surface area contributed by atoms with Crippen molar-refractivity contribution < 1.29 is 15.0 Å². The van der Waals surface area contributed by atoms with Gasteiger partial charge in [0.2, 0.25) is 0 Å². The first-order valence-electron chi connectivity index (χ1n) is 5.53. The topological polar surface area (TPSA) is 75.3 Å². The van der Waals surface area contributed by atoms with Crippen LogP contribution in [-0.4, -0.2) is 25.7 Å². The van der Waals surface area contributed by atoms with Crippen LogP contribution < -0.4 is 0 Å². The molecule has 1 saturated carbocycles. The zero-order valence-corrected chi connectivity index (χ0v) is 9.26. The lowest BCUT2D eigenvalue weighted by Crippen LogP contribution is -2.46. The van der Waals surface area contributed by atoms with Crippen molar-refractivity contribution in [2.75, 3.05) is 0 Å². The highest BCUT2D eigenvalue weighted by molar-refractivity contribution is 5.71. The number of aliphatic carboxylic acids is 1. The first-order valence-corrected chi connectivity index (χ1v) is 5.53. The van der Waals surface area contributed by atoms with Gasteiger partial charge in [0.25, 0.3) is 0 Å². The number of imidazole rings is 1. The van der Waals surface area contributed by atoms with Gasteiger partial charge in [-0.15, -0.1) is 0 Å². The molecule has 1 aliphatic carbocycles. The summed E-state index contributed by atoms with van der Waals surface area (Å²) in [5.74, 6) is -0.665. The third kappa shape index (κ3) is 1.71. The van der Waals surface area contributed by atoms with Crippen LogP contribution in [0.1, 0.15) is 32.0 Å². The number of aryl methyl sites for hydroxylation is 1. The molecule has 0 aromatic carbocycles. The van der Waals surface area contributed by atoms with Gasteiger partial charge < -0.3 is 14.8 Å². The number of carboxylic acid groups (broad SMARTS) is 1. The number of nitrogens with zero attached hydrogens (tertiary/aromatic N) is 2. The summed E-state index contributed by atoms with van der Waals surface area (Å²) < 4.78 is 1.90. The number of aliphatic hydroxyl groups is 1. The molecule has 2 rings (SSSR count). The first kappa shape index (κ1) is 11.1. The molecule has 1 fully saturated rings. The first-order chi connectivity index (χ1) is 7.57. The number of aromatic nitrogens is 2. The van der Waals surface area contributed by atoms with Gasteiger partial charge in [0.1, 0.15) is 11.4 Å². The van der Waals surface area contributed by atoms with Gasteiger partial charge >= 0.3 is 5.97 Å². The van der Waals surface area contributed by atoms with Crippen LogP contribution in [0.25, 0.3) is 0 Å². The molecule has 0 amide bonds. The maximum Gasteiger partial charge on any atom is 0.306 e. The summed E-state index contributed by atoms with van der Waals surface area (Å²) in [6, 6.07) is 0. The average molecular weight is 224 g/mol. The number of carbonyl (C=O) groups is 1. The van der Waals surface area contributed by atoms with E-state index in [1.165, 1.54) is 0 Å². The maximum absolute atomic E-state index is 10.7. The zero-order chi connectivity index (χ0) is 11.8. The van der Waals surface area contributed by atoms with Crippen LogP contribution >= 0.6 is 0 Å². The van der Waals surface area contributed by atoms with Crippen LogP contribution in [0.15, 0.2) is 12.4 Å². The minimum Gasteiger partial charge on any atom is -0.481 e. The lowest BCUT2D eigenvalue weighted by atomic mass is 9.70. The minimum absolute atomic E-state index is 0.267. The van der Waals surface area contributed by atoms with Gasteiger partial charge in [-0.1, -0.05) is 6.92 Å². The average Bonchev–Trinajstić information content (AvgIpc) is 2.62.